The lowest BCUT2D eigenvalue weighted by Crippen LogP contribution is -2.45. The van der Waals surface area contributed by atoms with Crippen molar-refractivity contribution in [2.45, 2.75) is 18.4 Å². The molecule has 2 amide bonds. The molecule has 4 heteroatoms. The maximum absolute atomic E-state index is 12.8. The van der Waals surface area contributed by atoms with Crippen molar-refractivity contribution in [3.63, 3.8) is 0 Å². The first kappa shape index (κ1) is 15.0. The van der Waals surface area contributed by atoms with E-state index in [2.05, 4.69) is 11.9 Å². The molecule has 1 aliphatic rings. The Balaban J connectivity index is 1.97. The average molecular weight is 306 g/mol. The van der Waals surface area contributed by atoms with Crippen molar-refractivity contribution < 1.29 is 9.59 Å². The Labute approximate surface area is 135 Å². The number of primary amides is 1. The number of nitrogens with two attached hydrogens (primary N) is 1. The summed E-state index contributed by atoms with van der Waals surface area (Å²) in [7, 11) is 0. The van der Waals surface area contributed by atoms with E-state index in [0.29, 0.717) is 6.42 Å². The summed E-state index contributed by atoms with van der Waals surface area (Å²) < 4.78 is 0. The number of carbonyl (C=O) groups excluding carboxylic acids is 2. The Morgan fingerprint density at radius 2 is 1.61 bits per heavy atom. The minimum Gasteiger partial charge on any atom is -0.368 e. The van der Waals surface area contributed by atoms with Crippen molar-refractivity contribution in [3.05, 3.63) is 72.3 Å². The lowest BCUT2D eigenvalue weighted by atomic mass is 9.95. The summed E-state index contributed by atoms with van der Waals surface area (Å²) in [6.45, 7) is 3.60. The van der Waals surface area contributed by atoms with Gasteiger partial charge in [0.2, 0.25) is 11.8 Å². The van der Waals surface area contributed by atoms with Gasteiger partial charge < -0.3 is 11.1 Å². The first-order valence-corrected chi connectivity index (χ1v) is 7.52. The molecule has 2 aromatic carbocycles. The molecule has 0 fully saturated rings. The summed E-state index contributed by atoms with van der Waals surface area (Å²) in [6, 6.07) is 14.9. The molecular weight excluding hydrogens is 288 g/mol. The topological polar surface area (TPSA) is 72.2 Å². The Morgan fingerprint density at radius 1 is 1.09 bits per heavy atom. The van der Waals surface area contributed by atoms with Gasteiger partial charge in [0, 0.05) is 0 Å². The third kappa shape index (κ3) is 2.63. The van der Waals surface area contributed by atoms with Crippen molar-refractivity contribution >= 4 is 11.8 Å². The Kier molecular flexibility index (Phi) is 3.98. The highest BCUT2D eigenvalue weighted by Gasteiger charge is 2.34. The Hall–Kier alpha value is -2.88. The fraction of sp³-hybridized carbons (Fsp3) is 0.158. The first-order valence-electron chi connectivity index (χ1n) is 7.52. The number of nitrogens with one attached hydrogen (secondary N) is 1. The largest absolute Gasteiger partial charge is 0.368 e. The van der Waals surface area contributed by atoms with Gasteiger partial charge in [0.1, 0.15) is 6.04 Å². The van der Waals surface area contributed by atoms with Gasteiger partial charge in [-0.2, -0.15) is 0 Å². The molecule has 0 aromatic heterocycles. The van der Waals surface area contributed by atoms with E-state index in [1.54, 1.807) is 6.08 Å². The molecule has 0 aliphatic heterocycles. The van der Waals surface area contributed by atoms with E-state index in [9.17, 15) is 9.59 Å². The molecule has 2 aromatic rings. The second kappa shape index (κ2) is 6.08. The number of amides is 2. The van der Waals surface area contributed by atoms with Crippen LogP contribution in [0.15, 0.2) is 61.2 Å². The minimum absolute atomic E-state index is 0.215. The molecule has 4 nitrogen and oxygen atoms in total. The van der Waals surface area contributed by atoms with E-state index in [0.717, 1.165) is 22.3 Å². The van der Waals surface area contributed by atoms with Gasteiger partial charge in [0.25, 0.3) is 0 Å². The molecule has 1 atom stereocenters. The Morgan fingerprint density at radius 3 is 2.09 bits per heavy atom. The van der Waals surface area contributed by atoms with E-state index >= 15 is 0 Å². The number of carbonyl (C=O) groups is 2. The number of benzene rings is 2. The highest BCUT2D eigenvalue weighted by molar-refractivity contribution is 5.98. The van der Waals surface area contributed by atoms with Crippen LogP contribution in [0.4, 0.5) is 0 Å². The highest BCUT2D eigenvalue weighted by Crippen LogP contribution is 2.44. The standard InChI is InChI=1S/C19H18N2O2/c1-2-7-16(18(20)22)21-19(23)17-14-10-5-3-8-12(14)13-9-4-6-11-15(13)17/h2-6,8-11,16-17H,1,7H2,(H2,20,22)(H,21,23)/t16-/m0/s1. The zero-order chi connectivity index (χ0) is 16.4. The molecule has 3 rings (SSSR count). The van der Waals surface area contributed by atoms with E-state index in [-0.39, 0.29) is 5.91 Å². The predicted octanol–water partition coefficient (Wildman–Crippen LogP) is 2.35. The van der Waals surface area contributed by atoms with Crippen LogP contribution in [0, 0.1) is 0 Å². The number of rotatable bonds is 5. The van der Waals surface area contributed by atoms with Gasteiger partial charge in [-0.3, -0.25) is 9.59 Å². The van der Waals surface area contributed by atoms with E-state index in [1.807, 2.05) is 48.5 Å². The molecule has 3 N–H and O–H groups in total. The van der Waals surface area contributed by atoms with Crippen LogP contribution in [0.2, 0.25) is 0 Å². The minimum atomic E-state index is -0.736. The SMILES string of the molecule is C=CC[C@H](NC(=O)C1c2ccccc2-c2ccccc21)C(N)=O. The molecule has 0 saturated heterocycles. The third-order valence-corrected chi connectivity index (χ3v) is 4.16. The zero-order valence-electron chi connectivity index (χ0n) is 12.7. The van der Waals surface area contributed by atoms with Crippen LogP contribution >= 0.6 is 0 Å². The quantitative estimate of drug-likeness (QED) is 0.832. The molecule has 0 unspecified atom stereocenters. The molecule has 0 saturated carbocycles. The van der Waals surface area contributed by atoms with Crippen LogP contribution in [0.1, 0.15) is 23.5 Å². The summed E-state index contributed by atoms with van der Waals surface area (Å²) in [5.74, 6) is -1.19. The maximum Gasteiger partial charge on any atom is 0.240 e. The van der Waals surface area contributed by atoms with Crippen LogP contribution in [-0.4, -0.2) is 17.9 Å². The molecule has 0 bridgehead atoms. The Bertz CT molecular complexity index is 737. The highest BCUT2D eigenvalue weighted by atomic mass is 16.2. The molecule has 0 heterocycles. The third-order valence-electron chi connectivity index (χ3n) is 4.16. The van der Waals surface area contributed by atoms with Gasteiger partial charge in [-0.25, -0.2) is 0 Å². The second-order valence-corrected chi connectivity index (χ2v) is 5.60. The molecule has 116 valence electrons. The lowest BCUT2D eigenvalue weighted by Gasteiger charge is -2.18. The van der Waals surface area contributed by atoms with E-state index < -0.39 is 17.9 Å². The number of hydrogen-bond donors (Lipinski definition) is 2. The van der Waals surface area contributed by atoms with E-state index in [4.69, 9.17) is 5.73 Å². The van der Waals surface area contributed by atoms with Crippen LogP contribution in [0.3, 0.4) is 0 Å². The van der Waals surface area contributed by atoms with Gasteiger partial charge >= 0.3 is 0 Å². The summed E-state index contributed by atoms with van der Waals surface area (Å²) >= 11 is 0. The number of fused-ring (bicyclic) bond motifs is 3. The fourth-order valence-corrected chi connectivity index (χ4v) is 3.11. The second-order valence-electron chi connectivity index (χ2n) is 5.60. The summed E-state index contributed by atoms with van der Waals surface area (Å²) in [4.78, 5) is 24.3. The van der Waals surface area contributed by atoms with Crippen molar-refractivity contribution in [1.82, 2.24) is 5.32 Å². The molecule has 0 spiro atoms. The maximum atomic E-state index is 12.8. The van der Waals surface area contributed by atoms with Crippen LogP contribution < -0.4 is 11.1 Å². The predicted molar refractivity (Wildman–Crippen MR) is 89.7 cm³/mol. The summed E-state index contributed by atoms with van der Waals surface area (Å²) in [6.07, 6.45) is 1.89. The van der Waals surface area contributed by atoms with Gasteiger partial charge in [-0.05, 0) is 28.7 Å². The van der Waals surface area contributed by atoms with Crippen molar-refractivity contribution in [3.8, 4) is 11.1 Å². The van der Waals surface area contributed by atoms with Crippen LogP contribution in [-0.2, 0) is 9.59 Å². The van der Waals surface area contributed by atoms with Crippen LogP contribution in [0.5, 0.6) is 0 Å². The molecular formula is C19H18N2O2. The molecule has 1 aliphatic carbocycles. The van der Waals surface area contributed by atoms with Crippen molar-refractivity contribution in [2.24, 2.45) is 5.73 Å². The number of hydrogen-bond acceptors (Lipinski definition) is 2. The molecule has 23 heavy (non-hydrogen) atoms. The fourth-order valence-electron chi connectivity index (χ4n) is 3.11. The first-order chi connectivity index (χ1) is 11.1. The van der Waals surface area contributed by atoms with Crippen molar-refractivity contribution in [1.29, 1.82) is 0 Å². The van der Waals surface area contributed by atoms with Crippen molar-refractivity contribution in [2.75, 3.05) is 0 Å². The summed E-state index contributed by atoms with van der Waals surface area (Å²) in [5, 5.41) is 2.76. The molecule has 0 radical (unpaired) electrons. The smallest absolute Gasteiger partial charge is 0.240 e. The van der Waals surface area contributed by atoms with Crippen LogP contribution in [0.25, 0.3) is 11.1 Å². The monoisotopic (exact) mass is 306 g/mol. The normalized spacial score (nSPS) is 13.7. The van der Waals surface area contributed by atoms with E-state index in [1.165, 1.54) is 0 Å². The zero-order valence-corrected chi connectivity index (χ0v) is 12.7. The van der Waals surface area contributed by atoms with Gasteiger partial charge in [-0.15, -0.1) is 6.58 Å². The van der Waals surface area contributed by atoms with Gasteiger partial charge in [-0.1, -0.05) is 54.6 Å². The lowest BCUT2D eigenvalue weighted by molar-refractivity contribution is -0.127. The van der Waals surface area contributed by atoms with Gasteiger partial charge in [0.05, 0.1) is 5.92 Å². The summed E-state index contributed by atoms with van der Waals surface area (Å²) in [5.41, 5.74) is 9.38. The van der Waals surface area contributed by atoms with Gasteiger partial charge in [0.15, 0.2) is 0 Å². The average Bonchev–Trinajstić information content (AvgIpc) is 2.89.